The molecule has 18 heavy (non-hydrogen) atoms. The van der Waals surface area contributed by atoms with E-state index in [4.69, 9.17) is 16.3 Å². The van der Waals surface area contributed by atoms with Gasteiger partial charge in [0.05, 0.1) is 12.0 Å². The van der Waals surface area contributed by atoms with Crippen molar-refractivity contribution in [2.24, 2.45) is 17.8 Å². The van der Waals surface area contributed by atoms with E-state index in [1.165, 1.54) is 30.4 Å². The van der Waals surface area contributed by atoms with E-state index in [0.717, 1.165) is 35.1 Å². The van der Waals surface area contributed by atoms with Crippen LogP contribution in [0.4, 0.5) is 0 Å². The number of halogens is 2. The van der Waals surface area contributed by atoms with Crippen molar-refractivity contribution in [3.05, 3.63) is 27.7 Å². The highest BCUT2D eigenvalue weighted by Gasteiger charge is 2.48. The Bertz CT molecular complexity index is 492. The van der Waals surface area contributed by atoms with Gasteiger partial charge in [-0.3, -0.25) is 0 Å². The van der Waals surface area contributed by atoms with Crippen LogP contribution in [0.2, 0.25) is 0 Å². The summed E-state index contributed by atoms with van der Waals surface area (Å²) in [5.41, 5.74) is 2.53. The molecule has 0 spiro atoms. The zero-order chi connectivity index (χ0) is 12.3. The summed E-state index contributed by atoms with van der Waals surface area (Å²) in [5, 5.41) is 0.127. The molecule has 1 aromatic carbocycles. The third-order valence-electron chi connectivity index (χ3n) is 4.77. The lowest BCUT2D eigenvalue weighted by atomic mass is 9.92. The van der Waals surface area contributed by atoms with Crippen LogP contribution in [0.1, 0.15) is 35.8 Å². The second-order valence-electron chi connectivity index (χ2n) is 5.97. The molecule has 1 heterocycles. The van der Waals surface area contributed by atoms with Gasteiger partial charge in [0.15, 0.2) is 0 Å². The SMILES string of the molecule is ClC(c1cc(Br)cc2c1OCC2)C1CC2CC2C1. The van der Waals surface area contributed by atoms with E-state index in [1.807, 2.05) is 0 Å². The van der Waals surface area contributed by atoms with E-state index < -0.39 is 0 Å². The fraction of sp³-hybridized carbons (Fsp3) is 0.600. The number of alkyl halides is 1. The van der Waals surface area contributed by atoms with Crippen LogP contribution < -0.4 is 4.74 Å². The Morgan fingerprint density at radius 3 is 2.78 bits per heavy atom. The second-order valence-corrected chi connectivity index (χ2v) is 7.36. The lowest BCUT2D eigenvalue weighted by Gasteiger charge is -2.21. The minimum Gasteiger partial charge on any atom is -0.493 e. The fourth-order valence-corrected chi connectivity index (χ4v) is 4.65. The number of ether oxygens (including phenoxy) is 1. The highest BCUT2D eigenvalue weighted by Crippen LogP contribution is 2.59. The summed E-state index contributed by atoms with van der Waals surface area (Å²) in [6.45, 7) is 0.804. The smallest absolute Gasteiger partial charge is 0.127 e. The van der Waals surface area contributed by atoms with Gasteiger partial charge < -0.3 is 4.74 Å². The molecule has 2 aliphatic carbocycles. The summed E-state index contributed by atoms with van der Waals surface area (Å²) in [5.74, 6) is 3.69. The minimum absolute atomic E-state index is 0.127. The first-order chi connectivity index (χ1) is 8.72. The molecule has 3 aliphatic rings. The molecule has 1 aromatic rings. The van der Waals surface area contributed by atoms with Gasteiger partial charge in [0.2, 0.25) is 0 Å². The van der Waals surface area contributed by atoms with Crippen molar-refractivity contribution in [2.75, 3.05) is 6.61 Å². The zero-order valence-corrected chi connectivity index (χ0v) is 12.5. The van der Waals surface area contributed by atoms with Crippen LogP contribution in [-0.2, 0) is 6.42 Å². The molecule has 3 unspecified atom stereocenters. The maximum Gasteiger partial charge on any atom is 0.127 e. The number of rotatable bonds is 2. The number of hydrogen-bond donors (Lipinski definition) is 0. The van der Waals surface area contributed by atoms with Gasteiger partial charge in [0, 0.05) is 16.5 Å². The topological polar surface area (TPSA) is 9.23 Å². The monoisotopic (exact) mass is 326 g/mol. The zero-order valence-electron chi connectivity index (χ0n) is 10.2. The van der Waals surface area contributed by atoms with Crippen molar-refractivity contribution in [3.8, 4) is 5.75 Å². The largest absolute Gasteiger partial charge is 0.493 e. The van der Waals surface area contributed by atoms with Crippen LogP contribution in [0, 0.1) is 17.8 Å². The van der Waals surface area contributed by atoms with Crippen molar-refractivity contribution in [3.63, 3.8) is 0 Å². The molecule has 0 bridgehead atoms. The van der Waals surface area contributed by atoms with E-state index >= 15 is 0 Å². The van der Waals surface area contributed by atoms with Crippen LogP contribution in [-0.4, -0.2) is 6.61 Å². The maximum atomic E-state index is 6.75. The van der Waals surface area contributed by atoms with Crippen molar-refractivity contribution in [2.45, 2.75) is 31.1 Å². The van der Waals surface area contributed by atoms with E-state index in [-0.39, 0.29) is 5.38 Å². The molecule has 3 heteroatoms. The standard InChI is InChI=1S/C15H16BrClO/c16-12-6-8-1-2-18-15(8)13(7-12)14(17)11-4-9-3-10(9)5-11/h6-7,9-11,14H,1-5H2. The van der Waals surface area contributed by atoms with Gasteiger partial charge in [-0.1, -0.05) is 15.9 Å². The first-order valence-electron chi connectivity index (χ1n) is 6.81. The molecule has 0 saturated heterocycles. The van der Waals surface area contributed by atoms with Crippen LogP contribution >= 0.6 is 27.5 Å². The van der Waals surface area contributed by atoms with Crippen LogP contribution in [0.3, 0.4) is 0 Å². The molecule has 2 saturated carbocycles. The van der Waals surface area contributed by atoms with Crippen LogP contribution in [0.5, 0.6) is 5.75 Å². The third-order valence-corrected chi connectivity index (χ3v) is 5.82. The molecule has 1 nitrogen and oxygen atoms in total. The predicted octanol–water partition coefficient (Wildman–Crippen LogP) is 4.71. The van der Waals surface area contributed by atoms with E-state index in [0.29, 0.717) is 5.92 Å². The molecular weight excluding hydrogens is 312 g/mol. The molecule has 2 fully saturated rings. The average Bonchev–Trinajstić information content (AvgIpc) is 2.80. The van der Waals surface area contributed by atoms with Gasteiger partial charge in [0.1, 0.15) is 5.75 Å². The minimum atomic E-state index is 0.127. The lowest BCUT2D eigenvalue weighted by molar-refractivity contribution is 0.348. The molecule has 0 radical (unpaired) electrons. The molecular formula is C15H16BrClO. The summed E-state index contributed by atoms with van der Waals surface area (Å²) in [4.78, 5) is 0. The van der Waals surface area contributed by atoms with Gasteiger partial charge in [-0.15, -0.1) is 11.6 Å². The Morgan fingerprint density at radius 1 is 1.22 bits per heavy atom. The number of fused-ring (bicyclic) bond motifs is 2. The third kappa shape index (κ3) is 1.80. The Balaban J connectivity index is 1.67. The van der Waals surface area contributed by atoms with Gasteiger partial charge in [-0.25, -0.2) is 0 Å². The van der Waals surface area contributed by atoms with Gasteiger partial charge in [-0.05, 0) is 54.7 Å². The molecule has 0 amide bonds. The predicted molar refractivity (Wildman–Crippen MR) is 76.3 cm³/mol. The molecule has 0 aromatic heterocycles. The van der Waals surface area contributed by atoms with E-state index in [1.54, 1.807) is 0 Å². The Morgan fingerprint density at radius 2 is 2.00 bits per heavy atom. The van der Waals surface area contributed by atoms with Crippen molar-refractivity contribution in [1.29, 1.82) is 0 Å². The summed E-state index contributed by atoms with van der Waals surface area (Å²) >= 11 is 10.4. The van der Waals surface area contributed by atoms with Crippen molar-refractivity contribution >= 4 is 27.5 Å². The lowest BCUT2D eigenvalue weighted by Crippen LogP contribution is -2.07. The van der Waals surface area contributed by atoms with Crippen molar-refractivity contribution < 1.29 is 4.74 Å². The summed E-state index contributed by atoms with van der Waals surface area (Å²) < 4.78 is 6.93. The first kappa shape index (κ1) is 11.6. The Hall–Kier alpha value is -0.210. The number of benzene rings is 1. The van der Waals surface area contributed by atoms with Crippen molar-refractivity contribution in [1.82, 2.24) is 0 Å². The van der Waals surface area contributed by atoms with Gasteiger partial charge in [0.25, 0.3) is 0 Å². The van der Waals surface area contributed by atoms with E-state index in [2.05, 4.69) is 28.1 Å². The molecule has 1 aliphatic heterocycles. The van der Waals surface area contributed by atoms with Gasteiger partial charge in [-0.2, -0.15) is 0 Å². The van der Waals surface area contributed by atoms with E-state index in [9.17, 15) is 0 Å². The first-order valence-corrected chi connectivity index (χ1v) is 8.04. The molecule has 3 atom stereocenters. The molecule has 0 N–H and O–H groups in total. The molecule has 96 valence electrons. The maximum absolute atomic E-state index is 6.75. The summed E-state index contributed by atoms with van der Waals surface area (Å²) in [7, 11) is 0. The fourth-order valence-electron chi connectivity index (χ4n) is 3.76. The van der Waals surface area contributed by atoms with Crippen LogP contribution in [0.25, 0.3) is 0 Å². The normalized spacial score (nSPS) is 33.8. The second kappa shape index (κ2) is 4.14. The van der Waals surface area contributed by atoms with Crippen LogP contribution in [0.15, 0.2) is 16.6 Å². The average molecular weight is 328 g/mol. The highest BCUT2D eigenvalue weighted by atomic mass is 79.9. The Labute approximate surface area is 121 Å². The number of hydrogen-bond acceptors (Lipinski definition) is 1. The van der Waals surface area contributed by atoms with Gasteiger partial charge >= 0.3 is 0 Å². The molecule has 4 rings (SSSR count). The summed E-state index contributed by atoms with van der Waals surface area (Å²) in [6, 6.07) is 4.33. The quantitative estimate of drug-likeness (QED) is 0.715. The highest BCUT2D eigenvalue weighted by molar-refractivity contribution is 9.10. The summed E-state index contributed by atoms with van der Waals surface area (Å²) in [6.07, 6.45) is 5.11. The Kier molecular flexibility index (Phi) is 2.67.